The van der Waals surface area contributed by atoms with E-state index in [4.69, 9.17) is 28.4 Å². The maximum absolute atomic E-state index is 6.78. The molecule has 4 aromatic rings. The van der Waals surface area contributed by atoms with E-state index in [-0.39, 0.29) is 0 Å². The van der Waals surface area contributed by atoms with E-state index in [1.54, 1.807) is 0 Å². The van der Waals surface area contributed by atoms with E-state index in [9.17, 15) is 0 Å². The third-order valence-corrected chi connectivity index (χ3v) is 12.8. The summed E-state index contributed by atoms with van der Waals surface area (Å²) in [7, 11) is 0. The summed E-state index contributed by atoms with van der Waals surface area (Å²) >= 11 is 0. The van der Waals surface area contributed by atoms with Crippen molar-refractivity contribution < 1.29 is 28.4 Å². The summed E-state index contributed by atoms with van der Waals surface area (Å²) in [5.74, 6) is 7.51. The Labute approximate surface area is 391 Å². The number of hydrogen-bond donors (Lipinski definition) is 0. The highest BCUT2D eigenvalue weighted by Crippen LogP contribution is 2.47. The van der Waals surface area contributed by atoms with E-state index >= 15 is 0 Å². The third-order valence-electron chi connectivity index (χ3n) is 12.8. The molecule has 360 valence electrons. The van der Waals surface area contributed by atoms with Gasteiger partial charge in [0.15, 0.2) is 34.5 Å². The SMILES string of the molecule is CCCCCOc1cc2c(cc1OCCCCC)c1cc(OCCC(C)CCCC(C)C)c(OCCCCC)cc1c1cc(OCCC(C)CCCC(C)C)c(OCCCCC)cc21. The van der Waals surface area contributed by atoms with Crippen LogP contribution in [0, 0.1) is 23.7 Å². The minimum Gasteiger partial charge on any atom is -0.490 e. The van der Waals surface area contributed by atoms with Crippen molar-refractivity contribution in [2.45, 2.75) is 198 Å². The molecule has 0 aliphatic heterocycles. The molecule has 0 fully saturated rings. The number of ether oxygens (including phenoxy) is 6. The first kappa shape index (κ1) is 53.1. The largest absolute Gasteiger partial charge is 0.490 e. The normalized spacial score (nSPS) is 12.8. The molecule has 0 N–H and O–H groups in total. The Bertz CT molecular complexity index is 1840. The van der Waals surface area contributed by atoms with Crippen LogP contribution >= 0.6 is 0 Å². The van der Waals surface area contributed by atoms with Crippen LogP contribution in [0.2, 0.25) is 0 Å². The monoisotopic (exact) mass is 885 g/mol. The summed E-state index contributed by atoms with van der Waals surface area (Å²) in [5.41, 5.74) is 0. The van der Waals surface area contributed by atoms with Gasteiger partial charge in [-0.25, -0.2) is 0 Å². The average Bonchev–Trinajstić information content (AvgIpc) is 3.27. The molecular weight excluding hydrogens is 793 g/mol. The highest BCUT2D eigenvalue weighted by molar-refractivity contribution is 6.26. The van der Waals surface area contributed by atoms with Gasteiger partial charge in [-0.2, -0.15) is 0 Å². The predicted octanol–water partition coefficient (Wildman–Crippen LogP) is 17.9. The number of fused-ring (bicyclic) bond motifs is 6. The van der Waals surface area contributed by atoms with E-state index in [2.05, 4.69) is 106 Å². The Balaban J connectivity index is 1.92. The Morgan fingerprint density at radius 3 is 0.734 bits per heavy atom. The zero-order valence-corrected chi connectivity index (χ0v) is 42.6. The lowest BCUT2D eigenvalue weighted by Gasteiger charge is -2.21. The molecule has 0 spiro atoms. The summed E-state index contributed by atoms with van der Waals surface area (Å²) in [6.07, 6.45) is 22.7. The van der Waals surface area contributed by atoms with E-state index in [1.165, 1.54) is 38.5 Å². The van der Waals surface area contributed by atoms with E-state index in [0.29, 0.717) is 51.5 Å². The molecule has 0 heterocycles. The molecule has 0 saturated heterocycles. The number of unbranched alkanes of at least 4 members (excludes halogenated alkanes) is 8. The van der Waals surface area contributed by atoms with Crippen molar-refractivity contribution >= 4 is 32.3 Å². The molecule has 0 aromatic heterocycles. The lowest BCUT2D eigenvalue weighted by molar-refractivity contribution is 0.246. The van der Waals surface area contributed by atoms with Crippen LogP contribution in [0.4, 0.5) is 0 Å². The van der Waals surface area contributed by atoms with Gasteiger partial charge in [-0.05, 0) is 131 Å². The summed E-state index contributed by atoms with van der Waals surface area (Å²) in [4.78, 5) is 0. The Morgan fingerprint density at radius 1 is 0.281 bits per heavy atom. The lowest BCUT2D eigenvalue weighted by Crippen LogP contribution is -2.07. The fraction of sp³-hybridized carbons (Fsp3) is 0.690. The molecule has 64 heavy (non-hydrogen) atoms. The zero-order valence-electron chi connectivity index (χ0n) is 42.6. The average molecular weight is 885 g/mol. The number of rotatable bonds is 36. The quantitative estimate of drug-likeness (QED) is 0.0335. The van der Waals surface area contributed by atoms with Crippen LogP contribution in [0.3, 0.4) is 0 Å². The lowest BCUT2D eigenvalue weighted by atomic mass is 9.93. The zero-order chi connectivity index (χ0) is 46.1. The molecule has 0 radical (unpaired) electrons. The second-order valence-corrected chi connectivity index (χ2v) is 19.9. The van der Waals surface area contributed by atoms with Crippen LogP contribution in [0.5, 0.6) is 34.5 Å². The molecule has 0 amide bonds. The Morgan fingerprint density at radius 2 is 0.516 bits per heavy atom. The van der Waals surface area contributed by atoms with E-state index in [1.807, 2.05) is 0 Å². The molecule has 2 atom stereocenters. The first-order valence-corrected chi connectivity index (χ1v) is 26.4. The van der Waals surface area contributed by atoms with Gasteiger partial charge in [-0.3, -0.25) is 0 Å². The summed E-state index contributed by atoms with van der Waals surface area (Å²) in [6, 6.07) is 13.4. The number of hydrogen-bond acceptors (Lipinski definition) is 6. The van der Waals surface area contributed by atoms with Crippen molar-refractivity contribution in [3.8, 4) is 34.5 Å². The molecule has 0 aliphatic rings. The van der Waals surface area contributed by atoms with Crippen molar-refractivity contribution in [1.29, 1.82) is 0 Å². The summed E-state index contributed by atoms with van der Waals surface area (Å²) < 4.78 is 40.2. The van der Waals surface area contributed by atoms with Crippen LogP contribution in [0.15, 0.2) is 36.4 Å². The first-order valence-electron chi connectivity index (χ1n) is 26.4. The third kappa shape index (κ3) is 17.7. The molecule has 0 saturated carbocycles. The number of benzene rings is 4. The summed E-state index contributed by atoms with van der Waals surface area (Å²) in [6.45, 7) is 26.9. The Kier molecular flexibility index (Phi) is 24.8. The van der Waals surface area contributed by atoms with Gasteiger partial charge >= 0.3 is 0 Å². The fourth-order valence-electron chi connectivity index (χ4n) is 8.61. The smallest absolute Gasteiger partial charge is 0.161 e. The minimum absolute atomic E-state index is 0.598. The predicted molar refractivity (Wildman–Crippen MR) is 275 cm³/mol. The van der Waals surface area contributed by atoms with Gasteiger partial charge in [-0.15, -0.1) is 0 Å². The molecule has 4 aromatic carbocycles. The van der Waals surface area contributed by atoms with Crippen molar-refractivity contribution in [3.05, 3.63) is 36.4 Å². The van der Waals surface area contributed by atoms with Crippen molar-refractivity contribution in [1.82, 2.24) is 0 Å². The van der Waals surface area contributed by atoms with Gasteiger partial charge in [0.2, 0.25) is 0 Å². The molecule has 2 unspecified atom stereocenters. The molecule has 6 heteroatoms. The van der Waals surface area contributed by atoms with Crippen LogP contribution < -0.4 is 28.4 Å². The standard InChI is InChI=1S/C58H92O6/c1-11-15-19-31-59-53-37-47-48(38-54(53)60-32-20-16-12-2)51-41-57(63-35-29-45(9)27-23-25-43(5)6)56(62-34-22-18-14-4)40-50(51)52-42-58(55(39-49(47)52)61-33-21-17-13-3)64-36-30-46(10)28-24-26-44(7)8/h37-46H,11-36H2,1-10H3. The van der Waals surface area contributed by atoms with Gasteiger partial charge in [0.05, 0.1) is 39.6 Å². The fourth-order valence-corrected chi connectivity index (χ4v) is 8.61. The van der Waals surface area contributed by atoms with Crippen LogP contribution in [0.25, 0.3) is 32.3 Å². The first-order chi connectivity index (χ1) is 31.1. The van der Waals surface area contributed by atoms with Gasteiger partial charge in [0.1, 0.15) is 0 Å². The maximum Gasteiger partial charge on any atom is 0.161 e. The minimum atomic E-state index is 0.598. The van der Waals surface area contributed by atoms with Crippen LogP contribution in [-0.4, -0.2) is 39.6 Å². The maximum atomic E-state index is 6.78. The van der Waals surface area contributed by atoms with Crippen LogP contribution in [0.1, 0.15) is 198 Å². The van der Waals surface area contributed by atoms with Crippen molar-refractivity contribution in [3.63, 3.8) is 0 Å². The topological polar surface area (TPSA) is 55.4 Å². The van der Waals surface area contributed by atoms with Gasteiger partial charge in [0.25, 0.3) is 0 Å². The highest BCUT2D eigenvalue weighted by Gasteiger charge is 2.21. The molecule has 0 bridgehead atoms. The van der Waals surface area contributed by atoms with Crippen molar-refractivity contribution in [2.75, 3.05) is 39.6 Å². The van der Waals surface area contributed by atoms with Crippen molar-refractivity contribution in [2.24, 2.45) is 23.7 Å². The molecule has 4 rings (SSSR count). The van der Waals surface area contributed by atoms with E-state index in [0.717, 1.165) is 169 Å². The van der Waals surface area contributed by atoms with Crippen LogP contribution in [-0.2, 0) is 0 Å². The highest BCUT2D eigenvalue weighted by atomic mass is 16.5. The summed E-state index contributed by atoms with van der Waals surface area (Å²) in [5, 5.41) is 6.67. The Hall–Kier alpha value is -3.54. The van der Waals surface area contributed by atoms with Gasteiger partial charge in [-0.1, -0.05) is 159 Å². The van der Waals surface area contributed by atoms with Gasteiger partial charge in [0, 0.05) is 0 Å². The molecule has 6 nitrogen and oxygen atoms in total. The van der Waals surface area contributed by atoms with E-state index < -0.39 is 0 Å². The second-order valence-electron chi connectivity index (χ2n) is 19.9. The second kappa shape index (κ2) is 29.9. The molecule has 0 aliphatic carbocycles. The molecular formula is C58H92O6. The van der Waals surface area contributed by atoms with Gasteiger partial charge < -0.3 is 28.4 Å².